The molecule has 23 heavy (non-hydrogen) atoms. The maximum absolute atomic E-state index is 12.7. The predicted octanol–water partition coefficient (Wildman–Crippen LogP) is 3.91. The second-order valence-corrected chi connectivity index (χ2v) is 7.71. The van der Waals surface area contributed by atoms with Crippen molar-refractivity contribution in [2.45, 2.75) is 39.8 Å². The Morgan fingerprint density at radius 3 is 2.57 bits per heavy atom. The van der Waals surface area contributed by atoms with Crippen LogP contribution in [0.15, 0.2) is 21.4 Å². The van der Waals surface area contributed by atoms with Crippen LogP contribution in [-0.2, 0) is 21.6 Å². The van der Waals surface area contributed by atoms with Crippen LogP contribution in [0.1, 0.15) is 32.2 Å². The van der Waals surface area contributed by atoms with Gasteiger partial charge in [0.25, 0.3) is 5.56 Å². The highest BCUT2D eigenvalue weighted by Gasteiger charge is 2.23. The van der Waals surface area contributed by atoms with Crippen LogP contribution in [0.4, 0.5) is 0 Å². The summed E-state index contributed by atoms with van der Waals surface area (Å²) in [6, 6.07) is 3.62. The molecule has 2 aromatic rings. The number of hydrogen-bond donors (Lipinski definition) is 0. The second kappa shape index (κ2) is 6.73. The number of halogens is 2. The quantitative estimate of drug-likeness (QED) is 0.530. The van der Waals surface area contributed by atoms with Gasteiger partial charge >= 0.3 is 5.97 Å². The molecule has 0 amide bonds. The minimum absolute atomic E-state index is 0.135. The maximum atomic E-state index is 12.7. The van der Waals surface area contributed by atoms with Gasteiger partial charge in [0.15, 0.2) is 6.73 Å². The van der Waals surface area contributed by atoms with E-state index in [1.165, 1.54) is 4.57 Å². The zero-order chi connectivity index (χ0) is 17.4. The number of carbonyl (C=O) groups is 1. The average Bonchev–Trinajstić information content (AvgIpc) is 2.45. The zero-order valence-corrected chi connectivity index (χ0v) is 16.6. The molecule has 0 aliphatic heterocycles. The average molecular weight is 446 g/mol. The van der Waals surface area contributed by atoms with E-state index < -0.39 is 5.41 Å². The Morgan fingerprint density at radius 1 is 1.35 bits per heavy atom. The van der Waals surface area contributed by atoms with E-state index in [1.54, 1.807) is 33.8 Å². The Morgan fingerprint density at radius 2 is 2.00 bits per heavy atom. The highest BCUT2D eigenvalue weighted by atomic mass is 79.9. The molecule has 5 nitrogen and oxygen atoms in total. The number of nitrogens with zero attached hydrogens (tertiary/aromatic N) is 2. The number of carbonyl (C=O) groups excluding carboxylic acids is 1. The molecule has 0 bridgehead atoms. The number of benzene rings is 1. The van der Waals surface area contributed by atoms with E-state index in [0.717, 1.165) is 10.0 Å². The third-order valence-electron chi connectivity index (χ3n) is 3.39. The molecule has 0 saturated heterocycles. The molecule has 0 aliphatic carbocycles. The number of alkyl halides is 1. The molecule has 0 atom stereocenters. The first kappa shape index (κ1) is 18.1. The van der Waals surface area contributed by atoms with Crippen molar-refractivity contribution in [2.24, 2.45) is 5.41 Å². The summed E-state index contributed by atoms with van der Waals surface area (Å²) in [6.07, 6.45) is 0. The Bertz CT molecular complexity index is 823. The minimum Gasteiger partial charge on any atom is -0.443 e. The van der Waals surface area contributed by atoms with E-state index in [1.807, 2.05) is 6.07 Å². The number of hydrogen-bond acceptors (Lipinski definition) is 4. The van der Waals surface area contributed by atoms with E-state index in [-0.39, 0.29) is 18.3 Å². The van der Waals surface area contributed by atoms with E-state index >= 15 is 0 Å². The van der Waals surface area contributed by atoms with Crippen molar-refractivity contribution in [1.82, 2.24) is 9.55 Å². The largest absolute Gasteiger partial charge is 0.443 e. The lowest BCUT2D eigenvalue weighted by molar-refractivity contribution is -0.157. The molecule has 2 rings (SSSR count). The fourth-order valence-electron chi connectivity index (χ4n) is 1.99. The van der Waals surface area contributed by atoms with Crippen LogP contribution in [-0.4, -0.2) is 15.5 Å². The van der Waals surface area contributed by atoms with Crippen molar-refractivity contribution in [3.05, 3.63) is 38.3 Å². The van der Waals surface area contributed by atoms with Crippen molar-refractivity contribution in [3.8, 4) is 0 Å². The van der Waals surface area contributed by atoms with Gasteiger partial charge in [-0.05, 0) is 45.4 Å². The lowest BCUT2D eigenvalue weighted by Crippen LogP contribution is -2.29. The summed E-state index contributed by atoms with van der Waals surface area (Å²) in [6.45, 7) is 6.89. The number of rotatable bonds is 3. The molecule has 0 unspecified atom stereocenters. The number of esters is 1. The summed E-state index contributed by atoms with van der Waals surface area (Å²) in [5.41, 5.74) is 0.736. The van der Waals surface area contributed by atoms with Crippen LogP contribution >= 0.6 is 31.9 Å². The van der Waals surface area contributed by atoms with E-state index in [9.17, 15) is 9.59 Å². The molecule has 0 radical (unpaired) electrons. The Hall–Kier alpha value is -1.21. The maximum Gasteiger partial charge on any atom is 0.312 e. The van der Waals surface area contributed by atoms with Gasteiger partial charge in [0.1, 0.15) is 5.82 Å². The molecule has 124 valence electrons. The van der Waals surface area contributed by atoms with Crippen LogP contribution < -0.4 is 5.56 Å². The third kappa shape index (κ3) is 3.83. The van der Waals surface area contributed by atoms with E-state index in [2.05, 4.69) is 36.8 Å². The Kier molecular flexibility index (Phi) is 5.30. The topological polar surface area (TPSA) is 61.2 Å². The van der Waals surface area contributed by atoms with Gasteiger partial charge < -0.3 is 4.74 Å². The fraction of sp³-hybridized carbons (Fsp3) is 0.438. The summed E-state index contributed by atoms with van der Waals surface area (Å²) < 4.78 is 7.52. The first-order valence-electron chi connectivity index (χ1n) is 7.08. The van der Waals surface area contributed by atoms with Gasteiger partial charge in [-0.3, -0.25) is 14.2 Å². The molecular formula is C16H18Br2N2O3. The van der Waals surface area contributed by atoms with Crippen LogP contribution in [0.5, 0.6) is 0 Å². The summed E-state index contributed by atoms with van der Waals surface area (Å²) >= 11 is 6.86. The Labute approximate surface area is 151 Å². The molecule has 0 aliphatic rings. The first-order valence-corrected chi connectivity index (χ1v) is 8.99. The monoisotopic (exact) mass is 444 g/mol. The number of fused-ring (bicyclic) bond motifs is 1. The van der Waals surface area contributed by atoms with Crippen molar-refractivity contribution >= 4 is 48.7 Å². The molecule has 7 heteroatoms. The van der Waals surface area contributed by atoms with Crippen LogP contribution in [0.3, 0.4) is 0 Å². The second-order valence-electron chi connectivity index (χ2n) is 6.30. The molecule has 1 heterocycles. The van der Waals surface area contributed by atoms with Gasteiger partial charge in [-0.15, -0.1) is 0 Å². The molecule has 1 aromatic heterocycles. The smallest absolute Gasteiger partial charge is 0.312 e. The molecular weight excluding hydrogens is 428 g/mol. The standard InChI is InChI=1S/C16H18Br2N2O3/c1-9-19-13-6-12(18)10(7-17)5-11(13)14(21)20(9)8-23-15(22)16(2,3)4/h5-6H,7-8H2,1-4H3. The number of ether oxygens (including phenoxy) is 1. The predicted molar refractivity (Wildman–Crippen MR) is 96.6 cm³/mol. The summed E-state index contributed by atoms with van der Waals surface area (Å²) in [5.74, 6) is 0.142. The van der Waals surface area contributed by atoms with Crippen LogP contribution in [0.2, 0.25) is 0 Å². The van der Waals surface area contributed by atoms with E-state index in [4.69, 9.17) is 4.74 Å². The summed E-state index contributed by atoms with van der Waals surface area (Å²) in [7, 11) is 0. The van der Waals surface area contributed by atoms with Crippen molar-refractivity contribution in [2.75, 3.05) is 0 Å². The van der Waals surface area contributed by atoms with Gasteiger partial charge in [0.05, 0.1) is 16.3 Å². The van der Waals surface area contributed by atoms with Gasteiger partial charge in [0.2, 0.25) is 0 Å². The molecule has 0 N–H and O–H groups in total. The lowest BCUT2D eigenvalue weighted by Gasteiger charge is -2.18. The van der Waals surface area contributed by atoms with Gasteiger partial charge in [-0.25, -0.2) is 4.98 Å². The van der Waals surface area contributed by atoms with Gasteiger partial charge in [0, 0.05) is 9.80 Å². The van der Waals surface area contributed by atoms with Crippen LogP contribution in [0, 0.1) is 12.3 Å². The van der Waals surface area contributed by atoms with Gasteiger partial charge in [-0.2, -0.15) is 0 Å². The van der Waals surface area contributed by atoms with Crippen LogP contribution in [0.25, 0.3) is 10.9 Å². The first-order chi connectivity index (χ1) is 10.6. The van der Waals surface area contributed by atoms with Gasteiger partial charge in [-0.1, -0.05) is 31.9 Å². The summed E-state index contributed by atoms with van der Waals surface area (Å²) in [5, 5.41) is 1.12. The molecule has 0 fully saturated rings. The number of aromatic nitrogens is 2. The highest BCUT2D eigenvalue weighted by Crippen LogP contribution is 2.24. The molecule has 0 spiro atoms. The number of aryl methyl sites for hydroxylation is 1. The lowest BCUT2D eigenvalue weighted by atomic mass is 9.98. The van der Waals surface area contributed by atoms with E-state index in [0.29, 0.717) is 22.1 Å². The highest BCUT2D eigenvalue weighted by molar-refractivity contribution is 9.10. The third-order valence-corrected chi connectivity index (χ3v) is 4.74. The fourth-order valence-corrected chi connectivity index (χ4v) is 3.30. The SMILES string of the molecule is Cc1nc2cc(Br)c(CBr)cc2c(=O)n1COC(=O)C(C)(C)C. The minimum atomic E-state index is -0.615. The molecule has 0 saturated carbocycles. The van der Waals surface area contributed by atoms with Crippen molar-refractivity contribution < 1.29 is 9.53 Å². The normalized spacial score (nSPS) is 11.7. The zero-order valence-electron chi connectivity index (χ0n) is 13.4. The molecule has 1 aromatic carbocycles. The summed E-state index contributed by atoms with van der Waals surface area (Å²) in [4.78, 5) is 29.0. The van der Waals surface area contributed by atoms with Crippen molar-refractivity contribution in [3.63, 3.8) is 0 Å². The Balaban J connectivity index is 2.47. The van der Waals surface area contributed by atoms with Crippen molar-refractivity contribution in [1.29, 1.82) is 0 Å².